The molecule has 0 saturated carbocycles. The van der Waals surface area contributed by atoms with Gasteiger partial charge < -0.3 is 10.8 Å². The molecule has 0 aliphatic carbocycles. The lowest BCUT2D eigenvalue weighted by molar-refractivity contribution is -0.137. The van der Waals surface area contributed by atoms with Crippen molar-refractivity contribution in [3.63, 3.8) is 0 Å². The molecule has 0 aromatic carbocycles. The van der Waals surface area contributed by atoms with E-state index in [1.807, 2.05) is 0 Å². The number of hydrogen-bond acceptors (Lipinski definition) is 5. The molecule has 1 aromatic rings. The van der Waals surface area contributed by atoms with Crippen LogP contribution in [-0.4, -0.2) is 41.7 Å². The van der Waals surface area contributed by atoms with E-state index in [2.05, 4.69) is 9.82 Å². The first kappa shape index (κ1) is 17.1. The Hall–Kier alpha value is -1.94. The second-order valence-electron chi connectivity index (χ2n) is 5.16. The second kappa shape index (κ2) is 6.22. The third kappa shape index (κ3) is 4.83. The highest BCUT2D eigenvalue weighted by Gasteiger charge is 2.28. The topological polar surface area (TPSA) is 144 Å². The Morgan fingerprint density at radius 1 is 1.48 bits per heavy atom. The monoisotopic (exact) mass is 318 g/mol. The number of carbonyl (C=O) groups is 2. The first-order valence-electron chi connectivity index (χ1n) is 6.08. The molecule has 0 aliphatic rings. The fraction of sp³-hybridized carbons (Fsp3) is 0.545. The molecule has 118 valence electrons. The number of nitrogens with zero attached hydrogens (tertiary/aromatic N) is 2. The first-order chi connectivity index (χ1) is 9.54. The van der Waals surface area contributed by atoms with Crippen molar-refractivity contribution in [2.75, 3.05) is 6.54 Å². The first-order valence-corrected chi connectivity index (χ1v) is 7.57. The average molecular weight is 318 g/mol. The number of sulfonamides is 1. The highest BCUT2D eigenvalue weighted by molar-refractivity contribution is 7.89. The standard InChI is InChI=1S/C11H18N4O5S/c1-11(2,10(12)18)7-14-21(19,20)8-5-13-15(6-8)4-3-9(16)17/h5-6,14H,3-4,7H2,1-2H3,(H2,12,18)(H,16,17). The van der Waals surface area contributed by atoms with E-state index >= 15 is 0 Å². The fourth-order valence-corrected chi connectivity index (χ4v) is 2.43. The minimum Gasteiger partial charge on any atom is -0.481 e. The Labute approximate surface area is 122 Å². The zero-order chi connectivity index (χ0) is 16.3. The fourth-order valence-electron chi connectivity index (χ4n) is 1.26. The van der Waals surface area contributed by atoms with Crippen molar-refractivity contribution in [2.24, 2.45) is 11.1 Å². The quantitative estimate of drug-likeness (QED) is 0.569. The van der Waals surface area contributed by atoms with E-state index in [9.17, 15) is 18.0 Å². The number of carbonyl (C=O) groups excluding carboxylic acids is 1. The van der Waals surface area contributed by atoms with Gasteiger partial charge in [-0.15, -0.1) is 0 Å². The molecule has 1 aromatic heterocycles. The zero-order valence-electron chi connectivity index (χ0n) is 11.7. The Morgan fingerprint density at radius 2 is 2.10 bits per heavy atom. The van der Waals surface area contributed by atoms with Gasteiger partial charge in [0.25, 0.3) is 0 Å². The van der Waals surface area contributed by atoms with Crippen LogP contribution in [-0.2, 0) is 26.2 Å². The van der Waals surface area contributed by atoms with Crippen LogP contribution in [0.3, 0.4) is 0 Å². The van der Waals surface area contributed by atoms with E-state index in [1.165, 1.54) is 24.7 Å². The van der Waals surface area contributed by atoms with Crippen molar-refractivity contribution in [3.8, 4) is 0 Å². The summed E-state index contributed by atoms with van der Waals surface area (Å²) in [6, 6.07) is 0. The minimum absolute atomic E-state index is 0.0671. The van der Waals surface area contributed by atoms with Gasteiger partial charge in [-0.1, -0.05) is 0 Å². The molecule has 0 aliphatic heterocycles. The van der Waals surface area contributed by atoms with E-state index in [4.69, 9.17) is 10.8 Å². The van der Waals surface area contributed by atoms with Crippen molar-refractivity contribution in [1.82, 2.24) is 14.5 Å². The zero-order valence-corrected chi connectivity index (χ0v) is 12.6. The maximum Gasteiger partial charge on any atom is 0.305 e. The van der Waals surface area contributed by atoms with Gasteiger partial charge in [0.2, 0.25) is 15.9 Å². The summed E-state index contributed by atoms with van der Waals surface area (Å²) < 4.78 is 27.5. The number of aryl methyl sites for hydroxylation is 1. The molecule has 10 heteroatoms. The number of primary amides is 1. The lowest BCUT2D eigenvalue weighted by Crippen LogP contribution is -2.42. The molecule has 0 unspecified atom stereocenters. The number of carboxylic acid groups (broad SMARTS) is 1. The van der Waals surface area contributed by atoms with E-state index in [1.54, 1.807) is 0 Å². The molecule has 0 spiro atoms. The molecule has 21 heavy (non-hydrogen) atoms. The summed E-state index contributed by atoms with van der Waals surface area (Å²) in [7, 11) is -3.83. The number of rotatable bonds is 8. The van der Waals surface area contributed by atoms with Gasteiger partial charge in [0.15, 0.2) is 0 Å². The Kier molecular flexibility index (Phi) is 5.07. The van der Waals surface area contributed by atoms with E-state index < -0.39 is 27.3 Å². The van der Waals surface area contributed by atoms with Crippen LogP contribution in [0.4, 0.5) is 0 Å². The Balaban J connectivity index is 2.75. The maximum absolute atomic E-state index is 12.0. The molecule has 1 heterocycles. The molecule has 0 fully saturated rings. The van der Waals surface area contributed by atoms with E-state index in [0.717, 1.165) is 6.20 Å². The number of aliphatic carboxylic acids is 1. The molecule has 1 rings (SSSR count). The smallest absolute Gasteiger partial charge is 0.305 e. The molecule has 9 nitrogen and oxygen atoms in total. The summed E-state index contributed by atoms with van der Waals surface area (Å²) in [6.45, 7) is 2.96. The van der Waals surface area contributed by atoms with Gasteiger partial charge in [0.05, 0.1) is 24.6 Å². The van der Waals surface area contributed by atoms with Crippen molar-refractivity contribution >= 4 is 21.9 Å². The van der Waals surface area contributed by atoms with Gasteiger partial charge in [-0.05, 0) is 13.8 Å². The summed E-state index contributed by atoms with van der Waals surface area (Å²) in [5.41, 5.74) is 4.14. The predicted octanol–water partition coefficient (Wildman–Crippen LogP) is -0.852. The van der Waals surface area contributed by atoms with Gasteiger partial charge in [0.1, 0.15) is 4.90 Å². The van der Waals surface area contributed by atoms with Crippen molar-refractivity contribution < 1.29 is 23.1 Å². The minimum atomic E-state index is -3.83. The largest absolute Gasteiger partial charge is 0.481 e. The van der Waals surface area contributed by atoms with Gasteiger partial charge in [0, 0.05) is 12.7 Å². The number of nitrogens with two attached hydrogens (primary N) is 1. The second-order valence-corrected chi connectivity index (χ2v) is 6.92. The van der Waals surface area contributed by atoms with Crippen LogP contribution in [0.25, 0.3) is 0 Å². The average Bonchev–Trinajstić information content (AvgIpc) is 2.83. The summed E-state index contributed by atoms with van der Waals surface area (Å²) in [5, 5.41) is 12.3. The van der Waals surface area contributed by atoms with Crippen LogP contribution in [0, 0.1) is 5.41 Å². The molecule has 4 N–H and O–H groups in total. The third-order valence-corrected chi connectivity index (χ3v) is 4.20. The Bertz CT molecular complexity index is 635. The summed E-state index contributed by atoms with van der Waals surface area (Å²) >= 11 is 0. The van der Waals surface area contributed by atoms with Crippen molar-refractivity contribution in [2.45, 2.75) is 31.7 Å². The number of aromatic nitrogens is 2. The van der Waals surface area contributed by atoms with Crippen molar-refractivity contribution in [3.05, 3.63) is 12.4 Å². The third-order valence-electron chi connectivity index (χ3n) is 2.85. The normalized spacial score (nSPS) is 12.3. The number of amides is 1. The van der Waals surface area contributed by atoms with Crippen LogP contribution in [0.2, 0.25) is 0 Å². The van der Waals surface area contributed by atoms with Crippen LogP contribution >= 0.6 is 0 Å². The van der Waals surface area contributed by atoms with E-state index in [0.29, 0.717) is 0 Å². The predicted molar refractivity (Wildman–Crippen MR) is 72.6 cm³/mol. The molecule has 0 bridgehead atoms. The molecule has 0 atom stereocenters. The highest BCUT2D eigenvalue weighted by atomic mass is 32.2. The molecular formula is C11H18N4O5S. The molecule has 0 saturated heterocycles. The lowest BCUT2D eigenvalue weighted by atomic mass is 9.93. The van der Waals surface area contributed by atoms with Crippen LogP contribution < -0.4 is 10.5 Å². The number of carboxylic acids is 1. The summed E-state index contributed by atoms with van der Waals surface area (Å²) in [5.74, 6) is -1.63. The van der Waals surface area contributed by atoms with Gasteiger partial charge in [-0.25, -0.2) is 13.1 Å². The van der Waals surface area contributed by atoms with Gasteiger partial charge >= 0.3 is 5.97 Å². The van der Waals surface area contributed by atoms with Gasteiger partial charge in [-0.2, -0.15) is 5.10 Å². The van der Waals surface area contributed by atoms with E-state index in [-0.39, 0.29) is 24.4 Å². The molecular weight excluding hydrogens is 300 g/mol. The molecule has 1 amide bonds. The van der Waals surface area contributed by atoms with Crippen molar-refractivity contribution in [1.29, 1.82) is 0 Å². The lowest BCUT2D eigenvalue weighted by Gasteiger charge is -2.20. The molecule has 0 radical (unpaired) electrons. The Morgan fingerprint density at radius 3 is 2.62 bits per heavy atom. The maximum atomic E-state index is 12.0. The number of hydrogen-bond donors (Lipinski definition) is 3. The highest BCUT2D eigenvalue weighted by Crippen LogP contribution is 2.14. The number of nitrogens with one attached hydrogen (secondary N) is 1. The van der Waals surface area contributed by atoms with Gasteiger partial charge in [-0.3, -0.25) is 14.3 Å². The summed E-state index contributed by atoms with van der Waals surface area (Å²) in [6.07, 6.45) is 2.17. The SMILES string of the molecule is CC(C)(CNS(=O)(=O)c1cnn(CCC(=O)O)c1)C(N)=O. The van der Waals surface area contributed by atoms with Crippen LogP contribution in [0.1, 0.15) is 20.3 Å². The summed E-state index contributed by atoms with van der Waals surface area (Å²) in [4.78, 5) is 21.5. The van der Waals surface area contributed by atoms with Crippen LogP contribution in [0.15, 0.2) is 17.3 Å². The van der Waals surface area contributed by atoms with Crippen LogP contribution in [0.5, 0.6) is 0 Å².